The van der Waals surface area contributed by atoms with Gasteiger partial charge in [0.15, 0.2) is 0 Å². The second-order valence-corrected chi connectivity index (χ2v) is 0.283. The van der Waals surface area contributed by atoms with Gasteiger partial charge in [0.25, 0.3) is 0 Å². The van der Waals surface area contributed by atoms with E-state index >= 15 is 0 Å². The molecule has 6 heteroatoms. The zero-order chi connectivity index (χ0) is 5.58. The minimum atomic E-state index is -1.83. The smallest absolute Gasteiger partial charge is 1.00 e. The van der Waals surface area contributed by atoms with E-state index in [1.54, 1.807) is 0 Å². The predicted octanol–water partition coefficient (Wildman–Crippen LogP) is -5.40. The van der Waals surface area contributed by atoms with Crippen LogP contribution in [0, 0.1) is 11.8 Å². The van der Waals surface area contributed by atoms with Crippen molar-refractivity contribution in [1.29, 1.82) is 5.26 Å². The summed E-state index contributed by atoms with van der Waals surface area (Å²) in [5.41, 5.74) is 0. The maximum atomic E-state index is 8.56. The van der Waals surface area contributed by atoms with Crippen LogP contribution < -0.4 is 80.9 Å². The van der Waals surface area contributed by atoms with Crippen LogP contribution in [0.25, 0.3) is 0 Å². The first kappa shape index (κ1) is 22.7. The summed E-state index contributed by atoms with van der Waals surface area (Å²) in [6, 6.07) is 0. The summed E-state index contributed by atoms with van der Waals surface area (Å²) in [5, 5.41) is 20.4. The molecular formula is C2H5KNNaO3. The molecule has 0 aliphatic rings. The monoisotopic (exact) mass is 153 g/mol. The van der Waals surface area contributed by atoms with Gasteiger partial charge in [-0.05, 0) is 0 Å². The Bertz CT molecular complexity index is 68.8. The van der Waals surface area contributed by atoms with Gasteiger partial charge in [0.05, 0.1) is 0 Å². The average Bonchev–Trinajstić information content (AvgIpc) is 1.41. The predicted molar refractivity (Wildman–Crippen MR) is 19.5 cm³/mol. The molecule has 0 atom stereocenters. The third kappa shape index (κ3) is 155. The molecule has 0 spiro atoms. The van der Waals surface area contributed by atoms with Crippen LogP contribution in [0.3, 0.4) is 0 Å². The minimum absolute atomic E-state index is 0. The Balaban J connectivity index is -0.00000000625. The van der Waals surface area contributed by atoms with Gasteiger partial charge in [-0.3, -0.25) is 0 Å². The average molecular weight is 153 g/mol. The summed E-state index contributed by atoms with van der Waals surface area (Å²) in [5.74, 6) is 0. The Hall–Kier alpha value is 1.40. The summed E-state index contributed by atoms with van der Waals surface area (Å²) >= 11 is 0. The number of hydrogen-bond donors (Lipinski definition) is 2. The van der Waals surface area contributed by atoms with Crippen molar-refractivity contribution in [2.45, 2.75) is 0 Å². The van der Waals surface area contributed by atoms with Gasteiger partial charge in [-0.2, -0.15) is 0 Å². The van der Waals surface area contributed by atoms with Gasteiger partial charge in [-0.15, -0.1) is 0 Å². The number of nitriles is 1. The molecule has 2 N–H and O–H groups in total. The first-order valence-electron chi connectivity index (χ1n) is 0.910. The van der Waals surface area contributed by atoms with Crippen molar-refractivity contribution in [2.75, 3.05) is 0 Å². The second-order valence-electron chi connectivity index (χ2n) is 0.283. The number of rotatable bonds is 0. The van der Waals surface area contributed by atoms with E-state index in [1.165, 1.54) is 0 Å². The van der Waals surface area contributed by atoms with Gasteiger partial charge in [0, 0.05) is 6.57 Å². The normalized spacial score (nSPS) is 3.25. The molecule has 0 aliphatic carbocycles. The van der Waals surface area contributed by atoms with Crippen LogP contribution in [0.4, 0.5) is 4.79 Å². The van der Waals surface area contributed by atoms with Crippen molar-refractivity contribution < 1.29 is 98.8 Å². The van der Waals surface area contributed by atoms with Crippen LogP contribution in [0.15, 0.2) is 0 Å². The Kier molecular flexibility index (Phi) is 67.6. The molecule has 0 saturated carbocycles. The van der Waals surface area contributed by atoms with Crippen molar-refractivity contribution >= 4 is 6.16 Å². The summed E-state index contributed by atoms with van der Waals surface area (Å²) in [7, 11) is 0. The Morgan fingerprint density at radius 1 is 1.50 bits per heavy atom. The molecule has 0 amide bonds. The standard InChI is InChI=1S/CHN.CH2O3.K.Na.2H/c1-2;2-1(3)4;;;;/h1H;(H2,2,3,4);;;;/q;;2*+1;2*-1. The van der Waals surface area contributed by atoms with Gasteiger partial charge in [-0.25, -0.2) is 10.1 Å². The topological polar surface area (TPSA) is 81.3 Å². The molecule has 4 nitrogen and oxygen atoms in total. The minimum Gasteiger partial charge on any atom is -1.00 e. The molecule has 0 aromatic rings. The van der Waals surface area contributed by atoms with E-state index in [1.807, 2.05) is 0 Å². The number of nitrogens with zero attached hydrogens (tertiary/aromatic N) is 1. The van der Waals surface area contributed by atoms with Crippen molar-refractivity contribution in [3.8, 4) is 6.57 Å². The van der Waals surface area contributed by atoms with E-state index in [4.69, 9.17) is 20.3 Å². The molecule has 0 unspecified atom stereocenters. The number of carbonyl (C=O) groups is 1. The fourth-order valence-electron chi connectivity index (χ4n) is 0. The van der Waals surface area contributed by atoms with Gasteiger partial charge >= 0.3 is 87.1 Å². The maximum absolute atomic E-state index is 8.56. The summed E-state index contributed by atoms with van der Waals surface area (Å²) in [4.78, 5) is 8.56. The van der Waals surface area contributed by atoms with Gasteiger partial charge in [0.2, 0.25) is 0 Å². The molecule has 0 aliphatic heterocycles. The molecule has 0 fully saturated rings. The van der Waals surface area contributed by atoms with E-state index < -0.39 is 6.16 Å². The largest absolute Gasteiger partial charge is 1.00 e. The first-order chi connectivity index (χ1) is 2.73. The molecule has 0 bridgehead atoms. The van der Waals surface area contributed by atoms with Crippen molar-refractivity contribution in [2.24, 2.45) is 0 Å². The van der Waals surface area contributed by atoms with E-state index in [2.05, 4.69) is 6.57 Å². The Labute approximate surface area is 115 Å². The number of hydrogen-bond acceptors (Lipinski definition) is 2. The summed E-state index contributed by atoms with van der Waals surface area (Å²) < 4.78 is 0. The number of carboxylic acid groups (broad SMARTS) is 2. The zero-order valence-electron chi connectivity index (χ0n) is 6.83. The Morgan fingerprint density at radius 2 is 1.50 bits per heavy atom. The van der Waals surface area contributed by atoms with E-state index in [9.17, 15) is 0 Å². The SMILES string of the molecule is C#N.O=C(O)O.[H-].[H-].[K+].[Na+]. The van der Waals surface area contributed by atoms with Crippen molar-refractivity contribution in [3.63, 3.8) is 0 Å². The van der Waals surface area contributed by atoms with Crippen molar-refractivity contribution in [1.82, 2.24) is 0 Å². The molecule has 0 aromatic heterocycles. The van der Waals surface area contributed by atoms with E-state index in [-0.39, 0.29) is 83.8 Å². The summed E-state index contributed by atoms with van der Waals surface area (Å²) in [6.45, 7) is 3.50. The molecule has 0 rings (SSSR count). The van der Waals surface area contributed by atoms with Gasteiger partial charge < -0.3 is 13.1 Å². The van der Waals surface area contributed by atoms with Crippen LogP contribution in [0.5, 0.6) is 0 Å². The van der Waals surface area contributed by atoms with Crippen LogP contribution >= 0.6 is 0 Å². The maximum Gasteiger partial charge on any atom is 1.00 e. The molecular weight excluding hydrogens is 148 g/mol. The summed E-state index contributed by atoms with van der Waals surface area (Å²) in [6.07, 6.45) is -1.83. The molecule has 0 radical (unpaired) electrons. The van der Waals surface area contributed by atoms with Crippen LogP contribution in [-0.2, 0) is 0 Å². The van der Waals surface area contributed by atoms with E-state index in [0.29, 0.717) is 0 Å². The Morgan fingerprint density at radius 3 is 1.50 bits per heavy atom. The molecule has 0 heterocycles. The zero-order valence-corrected chi connectivity index (χ0v) is 9.95. The quantitative estimate of drug-likeness (QED) is 0.340. The van der Waals surface area contributed by atoms with Gasteiger partial charge in [-0.1, -0.05) is 0 Å². The molecule has 0 saturated heterocycles. The fraction of sp³-hybridized carbons (Fsp3) is 0. The third-order valence-electron chi connectivity index (χ3n) is 0. The van der Waals surface area contributed by atoms with Crippen LogP contribution in [-0.4, -0.2) is 16.4 Å². The first-order valence-corrected chi connectivity index (χ1v) is 0.910. The van der Waals surface area contributed by atoms with Crippen LogP contribution in [0.2, 0.25) is 0 Å². The fourth-order valence-corrected chi connectivity index (χ4v) is 0. The van der Waals surface area contributed by atoms with Crippen molar-refractivity contribution in [3.05, 3.63) is 0 Å². The third-order valence-corrected chi connectivity index (χ3v) is 0. The van der Waals surface area contributed by atoms with Crippen LogP contribution in [0.1, 0.15) is 2.85 Å². The molecule has 38 valence electrons. The second kappa shape index (κ2) is 23.8. The molecule has 8 heavy (non-hydrogen) atoms. The van der Waals surface area contributed by atoms with E-state index in [0.717, 1.165) is 0 Å². The van der Waals surface area contributed by atoms with Gasteiger partial charge in [0.1, 0.15) is 0 Å². The molecule has 0 aromatic carbocycles.